The zero-order valence-corrected chi connectivity index (χ0v) is 18.6. The molecule has 1 aliphatic rings. The Morgan fingerprint density at radius 2 is 2.06 bits per heavy atom. The first-order valence-electron chi connectivity index (χ1n) is 10.6. The number of fused-ring (bicyclic) bond motifs is 2. The van der Waals surface area contributed by atoms with Crippen LogP contribution in [0.15, 0.2) is 30.9 Å². The van der Waals surface area contributed by atoms with E-state index < -0.39 is 30.8 Å². The van der Waals surface area contributed by atoms with Crippen LogP contribution in [0.3, 0.4) is 0 Å². The van der Waals surface area contributed by atoms with Gasteiger partial charge >= 0.3 is 0 Å². The summed E-state index contributed by atoms with van der Waals surface area (Å²) in [5.74, 6) is -3.47. The summed E-state index contributed by atoms with van der Waals surface area (Å²) in [6.07, 6.45) is 2.86. The molecule has 1 atom stereocenters. The number of imidazole rings is 1. The SMILES string of the molecule is COc1nc(N[C@@H]2CCN(C(C)=O)CC2(F)F)nn2ccc(-c3cnc4ncc(C(F)F)n4c3)c12. The van der Waals surface area contributed by atoms with E-state index in [4.69, 9.17) is 4.74 Å². The number of ether oxygens (including phenoxy) is 1. The van der Waals surface area contributed by atoms with Crippen molar-refractivity contribution < 1.29 is 27.1 Å². The van der Waals surface area contributed by atoms with Crippen molar-refractivity contribution in [1.82, 2.24) is 33.9 Å². The summed E-state index contributed by atoms with van der Waals surface area (Å²) in [6, 6.07) is 0.383. The summed E-state index contributed by atoms with van der Waals surface area (Å²) in [6.45, 7) is 0.737. The molecule has 4 aromatic heterocycles. The van der Waals surface area contributed by atoms with E-state index in [9.17, 15) is 22.4 Å². The average Bonchev–Trinajstić information content (AvgIpc) is 3.43. The van der Waals surface area contributed by atoms with Gasteiger partial charge in [0.05, 0.1) is 25.9 Å². The molecule has 184 valence electrons. The highest BCUT2D eigenvalue weighted by atomic mass is 19.3. The molecular weight excluding hydrogens is 472 g/mol. The highest BCUT2D eigenvalue weighted by Gasteiger charge is 2.45. The number of anilines is 1. The van der Waals surface area contributed by atoms with Crippen LogP contribution in [0, 0.1) is 0 Å². The van der Waals surface area contributed by atoms with Gasteiger partial charge in [-0.3, -0.25) is 9.20 Å². The topological polar surface area (TPSA) is 102 Å². The highest BCUT2D eigenvalue weighted by Crippen LogP contribution is 2.33. The molecule has 1 saturated heterocycles. The number of amides is 1. The van der Waals surface area contributed by atoms with Crippen molar-refractivity contribution in [2.75, 3.05) is 25.5 Å². The third kappa shape index (κ3) is 3.98. The predicted molar refractivity (Wildman–Crippen MR) is 116 cm³/mol. The first kappa shape index (κ1) is 22.8. The molecule has 0 aromatic carbocycles. The Morgan fingerprint density at radius 1 is 1.29 bits per heavy atom. The lowest BCUT2D eigenvalue weighted by Gasteiger charge is -2.38. The van der Waals surface area contributed by atoms with Crippen LogP contribution in [-0.2, 0) is 4.79 Å². The largest absolute Gasteiger partial charge is 0.479 e. The van der Waals surface area contributed by atoms with Gasteiger partial charge in [0, 0.05) is 43.2 Å². The minimum atomic E-state index is -3.19. The van der Waals surface area contributed by atoms with E-state index >= 15 is 0 Å². The van der Waals surface area contributed by atoms with Crippen LogP contribution in [0.4, 0.5) is 23.5 Å². The van der Waals surface area contributed by atoms with Crippen LogP contribution >= 0.6 is 0 Å². The van der Waals surface area contributed by atoms with Crippen molar-refractivity contribution in [3.05, 3.63) is 36.5 Å². The molecule has 14 heteroatoms. The Hall–Kier alpha value is -3.97. The third-order valence-electron chi connectivity index (χ3n) is 5.95. The first-order chi connectivity index (χ1) is 16.7. The minimum Gasteiger partial charge on any atom is -0.479 e. The van der Waals surface area contributed by atoms with Crippen molar-refractivity contribution in [2.45, 2.75) is 31.7 Å². The number of carbonyl (C=O) groups is 1. The quantitative estimate of drug-likeness (QED) is 0.428. The number of piperidine rings is 1. The molecule has 0 unspecified atom stereocenters. The van der Waals surface area contributed by atoms with Crippen LogP contribution in [0.5, 0.6) is 5.88 Å². The van der Waals surface area contributed by atoms with Crippen LogP contribution in [-0.4, -0.2) is 71.9 Å². The molecule has 10 nitrogen and oxygen atoms in total. The summed E-state index contributed by atoms with van der Waals surface area (Å²) in [5.41, 5.74) is 1.11. The molecule has 1 fully saturated rings. The van der Waals surface area contributed by atoms with Gasteiger partial charge in [0.2, 0.25) is 23.5 Å². The van der Waals surface area contributed by atoms with Gasteiger partial charge in [0.1, 0.15) is 11.2 Å². The van der Waals surface area contributed by atoms with Crippen molar-refractivity contribution in [1.29, 1.82) is 0 Å². The first-order valence-corrected chi connectivity index (χ1v) is 10.6. The van der Waals surface area contributed by atoms with Crippen LogP contribution in [0.2, 0.25) is 0 Å². The van der Waals surface area contributed by atoms with Crippen molar-refractivity contribution >= 4 is 23.1 Å². The van der Waals surface area contributed by atoms with E-state index in [2.05, 4.69) is 25.4 Å². The summed E-state index contributed by atoms with van der Waals surface area (Å²) in [7, 11) is 1.37. The predicted octanol–water partition coefficient (Wildman–Crippen LogP) is 3.05. The number of nitrogens with one attached hydrogen (secondary N) is 1. The molecule has 1 aliphatic heterocycles. The fraction of sp³-hybridized carbons (Fsp3) is 0.381. The molecule has 1 N–H and O–H groups in total. The smallest absolute Gasteiger partial charge is 0.285 e. The number of carbonyl (C=O) groups excluding carboxylic acids is 1. The zero-order chi connectivity index (χ0) is 24.9. The Balaban J connectivity index is 1.50. The summed E-state index contributed by atoms with van der Waals surface area (Å²) < 4.78 is 63.9. The van der Waals surface area contributed by atoms with E-state index in [1.54, 1.807) is 12.3 Å². The molecule has 4 aromatic rings. The maximum Gasteiger partial charge on any atom is 0.285 e. The molecular formula is C21H20F4N8O2. The normalized spacial score (nSPS) is 17.9. The zero-order valence-electron chi connectivity index (χ0n) is 18.6. The molecule has 5 rings (SSSR count). The molecule has 0 aliphatic carbocycles. The van der Waals surface area contributed by atoms with Gasteiger partial charge in [-0.25, -0.2) is 32.0 Å². The Bertz CT molecular complexity index is 1420. The van der Waals surface area contributed by atoms with Gasteiger partial charge in [-0.05, 0) is 12.5 Å². The average molecular weight is 492 g/mol. The molecule has 0 saturated carbocycles. The standard InChI is InChI=1S/C21H20F4N8O2/c1-11(34)31-5-4-15(21(24,25)10-31)28-19-29-18(35-2)16-13(3-6-33(16)30-19)12-7-26-20-27-8-14(17(22)23)32(20)9-12/h3,6-9,15,17H,4-5,10H2,1-2H3,(H,28,30)/t15-/m1/s1. The number of likely N-dealkylation sites (tertiary alicyclic amines) is 1. The fourth-order valence-corrected chi connectivity index (χ4v) is 4.16. The van der Waals surface area contributed by atoms with Crippen molar-refractivity contribution in [2.24, 2.45) is 0 Å². The van der Waals surface area contributed by atoms with E-state index in [-0.39, 0.29) is 36.3 Å². The van der Waals surface area contributed by atoms with Crippen LogP contribution in [0.1, 0.15) is 25.5 Å². The van der Waals surface area contributed by atoms with E-state index in [1.807, 2.05) is 0 Å². The monoisotopic (exact) mass is 492 g/mol. The van der Waals surface area contributed by atoms with Gasteiger partial charge in [0.15, 0.2) is 0 Å². The Labute approximate surface area is 195 Å². The van der Waals surface area contributed by atoms with Crippen molar-refractivity contribution in [3.63, 3.8) is 0 Å². The summed E-state index contributed by atoms with van der Waals surface area (Å²) >= 11 is 0. The number of rotatable bonds is 5. The molecule has 0 radical (unpaired) electrons. The Kier molecular flexibility index (Phi) is 5.44. The number of halogens is 4. The molecule has 0 spiro atoms. The maximum atomic E-state index is 14.7. The van der Waals surface area contributed by atoms with Crippen molar-refractivity contribution in [3.8, 4) is 17.0 Å². The van der Waals surface area contributed by atoms with Crippen LogP contribution in [0.25, 0.3) is 22.4 Å². The summed E-state index contributed by atoms with van der Waals surface area (Å²) in [4.78, 5) is 24.9. The number of hydrogen-bond donors (Lipinski definition) is 1. The second-order valence-electron chi connectivity index (χ2n) is 8.15. The van der Waals surface area contributed by atoms with Gasteiger partial charge in [-0.2, -0.15) is 4.98 Å². The van der Waals surface area contributed by atoms with E-state index in [0.717, 1.165) is 11.1 Å². The number of hydrogen-bond acceptors (Lipinski definition) is 7. The van der Waals surface area contributed by atoms with Gasteiger partial charge in [-0.15, -0.1) is 5.10 Å². The highest BCUT2D eigenvalue weighted by molar-refractivity contribution is 5.84. The lowest BCUT2D eigenvalue weighted by Crippen LogP contribution is -2.55. The second kappa shape index (κ2) is 8.36. The van der Waals surface area contributed by atoms with Crippen LogP contribution < -0.4 is 10.1 Å². The maximum absolute atomic E-state index is 14.7. The van der Waals surface area contributed by atoms with Gasteiger partial charge < -0.3 is 15.0 Å². The third-order valence-corrected chi connectivity index (χ3v) is 5.95. The van der Waals surface area contributed by atoms with E-state index in [0.29, 0.717) is 16.6 Å². The minimum absolute atomic E-state index is 0.0102. The second-order valence-corrected chi connectivity index (χ2v) is 8.15. The number of methoxy groups -OCH3 is 1. The lowest BCUT2D eigenvalue weighted by atomic mass is 10.0. The molecule has 35 heavy (non-hydrogen) atoms. The van der Waals surface area contributed by atoms with Gasteiger partial charge in [0.25, 0.3) is 12.3 Å². The molecule has 5 heterocycles. The summed E-state index contributed by atoms with van der Waals surface area (Å²) in [5, 5.41) is 6.95. The Morgan fingerprint density at radius 3 is 2.74 bits per heavy atom. The molecule has 0 bridgehead atoms. The molecule has 1 amide bonds. The van der Waals surface area contributed by atoms with E-state index in [1.165, 1.54) is 35.3 Å². The number of nitrogens with zero attached hydrogens (tertiary/aromatic N) is 7. The fourth-order valence-electron chi connectivity index (χ4n) is 4.16. The lowest BCUT2D eigenvalue weighted by molar-refractivity contribution is -0.140. The number of aromatic nitrogens is 6. The number of alkyl halides is 4. The van der Waals surface area contributed by atoms with Gasteiger partial charge in [-0.1, -0.05) is 0 Å².